The van der Waals surface area contributed by atoms with Crippen molar-refractivity contribution < 1.29 is 22.3 Å². The maximum absolute atomic E-state index is 13.4. The van der Waals surface area contributed by atoms with Crippen LogP contribution in [0.1, 0.15) is 22.3 Å². The highest BCUT2D eigenvalue weighted by Gasteiger charge is 2.29. The molecule has 0 spiro atoms. The van der Waals surface area contributed by atoms with E-state index in [9.17, 15) is 17.6 Å². The molecule has 1 saturated heterocycles. The number of carbonyl (C=O) groups is 1. The molecule has 0 saturated carbocycles. The molecule has 158 valence electrons. The fourth-order valence-electron chi connectivity index (χ4n) is 3.01. The normalized spacial score (nSPS) is 16.3. The third-order valence-electron chi connectivity index (χ3n) is 4.51. The van der Waals surface area contributed by atoms with Crippen molar-refractivity contribution >= 4 is 58.1 Å². The minimum absolute atomic E-state index is 0. The van der Waals surface area contributed by atoms with Gasteiger partial charge < -0.3 is 10.1 Å². The molecule has 2 aromatic rings. The molecule has 2 aromatic carbocycles. The molecule has 0 aromatic heterocycles. The predicted molar refractivity (Wildman–Crippen MR) is 117 cm³/mol. The van der Waals surface area contributed by atoms with Crippen LogP contribution in [-0.2, 0) is 14.6 Å². The first kappa shape index (κ1) is 24.0. The minimum Gasteiger partial charge on any atom is -0.381 e. The van der Waals surface area contributed by atoms with E-state index in [4.69, 9.17) is 27.9 Å². The Bertz CT molecular complexity index is 1030. The number of sulfone groups is 1. The minimum atomic E-state index is -3.73. The molecule has 1 heterocycles. The maximum Gasteiger partial charge on any atom is 0.258 e. The molecule has 29 heavy (non-hydrogen) atoms. The second-order valence-corrected chi connectivity index (χ2v) is 9.45. The molecule has 1 aliphatic rings. The quantitative estimate of drug-likeness (QED) is 0.678. The summed E-state index contributed by atoms with van der Waals surface area (Å²) in [7, 11) is -3.73. The van der Waals surface area contributed by atoms with Gasteiger partial charge in [-0.15, -0.1) is 0 Å². The van der Waals surface area contributed by atoms with Crippen molar-refractivity contribution in [1.29, 1.82) is 0 Å². The van der Waals surface area contributed by atoms with Gasteiger partial charge in [0.15, 0.2) is 9.84 Å². The van der Waals surface area contributed by atoms with Crippen LogP contribution in [0.2, 0.25) is 10.0 Å². The molecule has 0 bridgehead atoms. The van der Waals surface area contributed by atoms with Crippen molar-refractivity contribution in [2.75, 3.05) is 24.3 Å². The van der Waals surface area contributed by atoms with E-state index in [0.29, 0.717) is 30.9 Å². The first-order valence-corrected chi connectivity index (χ1v) is 11.0. The van der Waals surface area contributed by atoms with Crippen LogP contribution in [0.5, 0.6) is 0 Å². The Morgan fingerprint density at radius 2 is 2.00 bits per heavy atom. The highest BCUT2D eigenvalue weighted by molar-refractivity contribution is 7.91. The molecule has 1 N–H and O–H groups in total. The van der Waals surface area contributed by atoms with Gasteiger partial charge in [-0.25, -0.2) is 12.8 Å². The number of aryl methyl sites for hydroxylation is 1. The van der Waals surface area contributed by atoms with E-state index in [1.54, 1.807) is 6.92 Å². The Morgan fingerprint density at radius 1 is 1.28 bits per heavy atom. The summed E-state index contributed by atoms with van der Waals surface area (Å²) in [5.74, 6) is -1.32. The Kier molecular flexibility index (Phi) is 7.98. The van der Waals surface area contributed by atoms with Crippen LogP contribution in [-0.4, -0.2) is 33.3 Å². The third-order valence-corrected chi connectivity index (χ3v) is 7.25. The summed E-state index contributed by atoms with van der Waals surface area (Å²) in [6, 6.07) is 6.70. The molecular formula is C19H20Cl2FNO4S2. The molecule has 5 nitrogen and oxygen atoms in total. The Hall–Kier alpha value is -1.32. The number of benzene rings is 2. The number of amides is 1. The van der Waals surface area contributed by atoms with Gasteiger partial charge in [0.25, 0.3) is 5.91 Å². The summed E-state index contributed by atoms with van der Waals surface area (Å²) in [6.07, 6.45) is 0.654. The fraction of sp³-hybridized carbons (Fsp3) is 0.316. The smallest absolute Gasteiger partial charge is 0.258 e. The summed E-state index contributed by atoms with van der Waals surface area (Å²) in [5, 5.41) is 2.35. The van der Waals surface area contributed by atoms with Crippen molar-refractivity contribution in [1.82, 2.24) is 0 Å². The first-order chi connectivity index (χ1) is 13.2. The number of hydrogen-bond acceptors (Lipinski definition) is 4. The zero-order valence-electron chi connectivity index (χ0n) is 15.5. The molecule has 0 aliphatic carbocycles. The van der Waals surface area contributed by atoms with Crippen LogP contribution in [0.3, 0.4) is 0 Å². The van der Waals surface area contributed by atoms with Gasteiger partial charge in [0.1, 0.15) is 5.82 Å². The zero-order valence-corrected chi connectivity index (χ0v) is 18.8. The van der Waals surface area contributed by atoms with Crippen molar-refractivity contribution in [3.63, 3.8) is 0 Å². The van der Waals surface area contributed by atoms with Crippen LogP contribution in [0.15, 0.2) is 35.2 Å². The van der Waals surface area contributed by atoms with Crippen LogP contribution >= 0.6 is 36.7 Å². The van der Waals surface area contributed by atoms with Crippen LogP contribution in [0.25, 0.3) is 0 Å². The number of rotatable bonds is 5. The summed E-state index contributed by atoms with van der Waals surface area (Å²) >= 11 is 12.4. The van der Waals surface area contributed by atoms with Crippen LogP contribution < -0.4 is 5.32 Å². The van der Waals surface area contributed by atoms with E-state index in [2.05, 4.69) is 5.32 Å². The van der Waals surface area contributed by atoms with E-state index in [1.165, 1.54) is 30.3 Å². The molecule has 1 aliphatic heterocycles. The lowest BCUT2D eigenvalue weighted by Gasteiger charge is -2.14. The number of carbonyl (C=O) groups excluding carboxylic acids is 1. The van der Waals surface area contributed by atoms with Gasteiger partial charge >= 0.3 is 0 Å². The van der Waals surface area contributed by atoms with Gasteiger partial charge in [-0.2, -0.15) is 13.5 Å². The molecule has 1 fully saturated rings. The number of ether oxygens (including phenoxy) is 1. The van der Waals surface area contributed by atoms with E-state index < -0.39 is 21.6 Å². The van der Waals surface area contributed by atoms with Gasteiger partial charge in [0.2, 0.25) is 0 Å². The second-order valence-electron chi connectivity index (χ2n) is 6.66. The lowest BCUT2D eigenvalue weighted by Crippen LogP contribution is -2.19. The molecular weight excluding hydrogens is 460 g/mol. The summed E-state index contributed by atoms with van der Waals surface area (Å²) < 4.78 is 44.2. The van der Waals surface area contributed by atoms with E-state index in [0.717, 1.165) is 0 Å². The van der Waals surface area contributed by atoms with E-state index >= 15 is 0 Å². The molecule has 1 amide bonds. The zero-order chi connectivity index (χ0) is 20.5. The van der Waals surface area contributed by atoms with Gasteiger partial charge in [0.05, 0.1) is 32.9 Å². The lowest BCUT2D eigenvalue weighted by molar-refractivity contribution is 0.102. The molecule has 0 unspecified atom stereocenters. The van der Waals surface area contributed by atoms with Crippen molar-refractivity contribution in [3.05, 3.63) is 57.3 Å². The van der Waals surface area contributed by atoms with E-state index in [1.807, 2.05) is 0 Å². The summed E-state index contributed by atoms with van der Waals surface area (Å²) in [6.45, 7) is 2.46. The molecule has 0 radical (unpaired) electrons. The van der Waals surface area contributed by atoms with Gasteiger partial charge in [-0.1, -0.05) is 23.2 Å². The number of hydrogen-bond donors (Lipinski definition) is 1. The first-order valence-electron chi connectivity index (χ1n) is 8.55. The molecule has 3 rings (SSSR count). The standard InChI is InChI=1S/C19H18Cl2FNO4S.H2S/c1-11-8-13(2-4-15(11)22)23-19(24)17-14(20)3-5-16(18(17)21)28(25,26)10-12-6-7-27-9-12;/h2-5,8,12H,6-7,9-10H2,1H3,(H,23,24);1H2/t12-;/m0./s1. The van der Waals surface area contributed by atoms with Crippen molar-refractivity contribution in [2.45, 2.75) is 18.2 Å². The fourth-order valence-corrected chi connectivity index (χ4v) is 5.62. The van der Waals surface area contributed by atoms with Gasteiger partial charge in [-0.3, -0.25) is 4.79 Å². The average molecular weight is 480 g/mol. The Labute approximate surface area is 185 Å². The van der Waals surface area contributed by atoms with Gasteiger partial charge in [0, 0.05) is 12.3 Å². The number of nitrogens with one attached hydrogen (secondary N) is 1. The number of halogens is 3. The number of anilines is 1. The Morgan fingerprint density at radius 3 is 2.62 bits per heavy atom. The van der Waals surface area contributed by atoms with Crippen LogP contribution in [0, 0.1) is 18.7 Å². The summed E-state index contributed by atoms with van der Waals surface area (Å²) in [4.78, 5) is 12.5. The molecule has 10 heteroatoms. The lowest BCUT2D eigenvalue weighted by atomic mass is 10.1. The van der Waals surface area contributed by atoms with Crippen LogP contribution in [0.4, 0.5) is 10.1 Å². The second kappa shape index (κ2) is 9.66. The Balaban J connectivity index is 0.00000300. The maximum atomic E-state index is 13.4. The van der Waals surface area contributed by atoms with Crippen molar-refractivity contribution in [2.24, 2.45) is 5.92 Å². The predicted octanol–water partition coefficient (Wildman–Crippen LogP) is 4.62. The topological polar surface area (TPSA) is 72.5 Å². The van der Waals surface area contributed by atoms with E-state index in [-0.39, 0.29) is 45.7 Å². The van der Waals surface area contributed by atoms with Crippen molar-refractivity contribution in [3.8, 4) is 0 Å². The third kappa shape index (κ3) is 5.44. The molecule has 1 atom stereocenters. The van der Waals surface area contributed by atoms with Gasteiger partial charge in [-0.05, 0) is 55.2 Å². The SMILES string of the molecule is Cc1cc(NC(=O)c2c(Cl)ccc(S(=O)(=O)C[C@H]3CCOC3)c2Cl)ccc1F.S. The highest BCUT2D eigenvalue weighted by Crippen LogP contribution is 2.33. The average Bonchev–Trinajstić information content (AvgIpc) is 3.10. The summed E-state index contributed by atoms with van der Waals surface area (Å²) in [5.41, 5.74) is 0.548. The monoisotopic (exact) mass is 479 g/mol. The highest BCUT2D eigenvalue weighted by atomic mass is 35.5. The largest absolute Gasteiger partial charge is 0.381 e.